The number of unbranched alkanes of at least 4 members (excludes halogenated alkanes) is 1. The zero-order valence-corrected chi connectivity index (χ0v) is 15.2. The number of nitrogens with one attached hydrogen (secondary N) is 3. The zero-order valence-electron chi connectivity index (χ0n) is 14.3. The van der Waals surface area contributed by atoms with Crippen LogP contribution in [0.2, 0.25) is 0 Å². The van der Waals surface area contributed by atoms with E-state index in [4.69, 9.17) is 0 Å². The Morgan fingerprint density at radius 1 is 1.22 bits per heavy atom. The van der Waals surface area contributed by atoms with Gasteiger partial charge in [-0.15, -0.1) is 13.2 Å². The van der Waals surface area contributed by atoms with Gasteiger partial charge in [-0.3, -0.25) is 4.79 Å². The maximum atomic E-state index is 12.1. The molecule has 148 valence electrons. The highest BCUT2D eigenvalue weighted by molar-refractivity contribution is 8.00. The van der Waals surface area contributed by atoms with Crippen molar-refractivity contribution >= 4 is 29.4 Å². The summed E-state index contributed by atoms with van der Waals surface area (Å²) in [5.41, 5.74) is 0.420. The smallest absolute Gasteiger partial charge is 0.406 e. The predicted octanol–water partition coefficient (Wildman–Crippen LogP) is 3.25. The monoisotopic (exact) mass is 403 g/mol. The molecule has 1 aromatic rings. The summed E-state index contributed by atoms with van der Waals surface area (Å²) in [5.74, 6) is 0.386. The Hall–Kier alpha value is -2.10. The number of carbonyl (C=O) groups is 2. The van der Waals surface area contributed by atoms with Gasteiger partial charge in [0.05, 0.1) is 12.1 Å². The van der Waals surface area contributed by atoms with E-state index in [1.54, 1.807) is 0 Å². The van der Waals surface area contributed by atoms with Crippen molar-refractivity contribution in [3.8, 4) is 5.75 Å². The van der Waals surface area contributed by atoms with E-state index in [9.17, 15) is 22.8 Å². The minimum Gasteiger partial charge on any atom is -0.406 e. The van der Waals surface area contributed by atoms with Crippen LogP contribution in [0.3, 0.4) is 0 Å². The first kappa shape index (κ1) is 19.7. The van der Waals surface area contributed by atoms with E-state index in [0.29, 0.717) is 23.8 Å². The molecule has 2 saturated heterocycles. The van der Waals surface area contributed by atoms with Gasteiger partial charge in [-0.25, -0.2) is 4.79 Å². The predicted molar refractivity (Wildman–Crippen MR) is 95.7 cm³/mol. The molecule has 0 unspecified atom stereocenters. The second-order valence-corrected chi connectivity index (χ2v) is 7.76. The van der Waals surface area contributed by atoms with E-state index in [2.05, 4.69) is 20.7 Å². The summed E-state index contributed by atoms with van der Waals surface area (Å²) in [4.78, 5) is 23.3. The number of urea groups is 1. The number of thioether (sulfide) groups is 1. The first-order valence-corrected chi connectivity index (χ1v) is 9.69. The number of amides is 3. The summed E-state index contributed by atoms with van der Waals surface area (Å²) >= 11 is 1.83. The Balaban J connectivity index is 1.34. The van der Waals surface area contributed by atoms with Crippen LogP contribution in [0.1, 0.15) is 25.7 Å². The van der Waals surface area contributed by atoms with Gasteiger partial charge in [-0.05, 0) is 37.1 Å². The SMILES string of the molecule is O=C(CCCC[C@@H]1SC[C@@H]2NC(=O)N[C@H]21)Nc1ccc(OC(F)(F)F)cc1. The Kier molecular flexibility index (Phi) is 6.03. The van der Waals surface area contributed by atoms with Gasteiger partial charge in [0.25, 0.3) is 0 Å². The third kappa shape index (κ3) is 5.69. The number of halogens is 3. The number of benzene rings is 1. The summed E-state index contributed by atoms with van der Waals surface area (Å²) in [6.45, 7) is 0. The van der Waals surface area contributed by atoms with Crippen molar-refractivity contribution in [2.45, 2.75) is 49.4 Å². The first-order valence-electron chi connectivity index (χ1n) is 8.64. The molecular formula is C17H20F3N3O3S. The van der Waals surface area contributed by atoms with E-state index in [0.717, 1.165) is 30.7 Å². The first-order chi connectivity index (χ1) is 12.8. The maximum Gasteiger partial charge on any atom is 0.573 e. The molecule has 6 nitrogen and oxygen atoms in total. The lowest BCUT2D eigenvalue weighted by molar-refractivity contribution is -0.274. The molecule has 3 N–H and O–H groups in total. The standard InChI is InChI=1S/C17H20F3N3O3S/c18-17(19,20)26-11-7-5-10(6-8-11)21-14(24)4-2-1-3-13-15-12(9-27-13)22-16(25)23-15/h5-8,12-13,15H,1-4,9H2,(H,21,24)(H2,22,23,25)/t12-,13-,15+/m0/s1. The molecule has 2 aliphatic rings. The Morgan fingerprint density at radius 2 is 1.96 bits per heavy atom. The highest BCUT2D eigenvalue weighted by Crippen LogP contribution is 2.33. The summed E-state index contributed by atoms with van der Waals surface area (Å²) < 4.78 is 40.1. The van der Waals surface area contributed by atoms with E-state index in [1.807, 2.05) is 11.8 Å². The minimum atomic E-state index is -4.74. The van der Waals surface area contributed by atoms with Crippen LogP contribution in [-0.4, -0.2) is 41.4 Å². The molecule has 2 fully saturated rings. The average Bonchev–Trinajstić information content (AvgIpc) is 3.12. The van der Waals surface area contributed by atoms with Crippen molar-refractivity contribution < 1.29 is 27.5 Å². The lowest BCUT2D eigenvalue weighted by Gasteiger charge is -2.16. The van der Waals surface area contributed by atoms with Crippen molar-refractivity contribution in [1.29, 1.82) is 0 Å². The van der Waals surface area contributed by atoms with Gasteiger partial charge in [0.15, 0.2) is 0 Å². The van der Waals surface area contributed by atoms with Crippen molar-refractivity contribution in [2.24, 2.45) is 0 Å². The molecule has 3 amide bonds. The van der Waals surface area contributed by atoms with Gasteiger partial charge in [0.2, 0.25) is 5.91 Å². The van der Waals surface area contributed by atoms with Gasteiger partial charge < -0.3 is 20.7 Å². The van der Waals surface area contributed by atoms with Crippen LogP contribution in [0.4, 0.5) is 23.7 Å². The fourth-order valence-corrected chi connectivity index (χ4v) is 4.78. The fraction of sp³-hybridized carbons (Fsp3) is 0.529. The molecule has 0 spiro atoms. The lowest BCUT2D eigenvalue weighted by Crippen LogP contribution is -2.36. The molecular weight excluding hydrogens is 383 g/mol. The van der Waals surface area contributed by atoms with Crippen molar-refractivity contribution in [2.75, 3.05) is 11.1 Å². The number of ether oxygens (including phenoxy) is 1. The van der Waals surface area contributed by atoms with Crippen LogP contribution in [-0.2, 0) is 4.79 Å². The molecule has 0 saturated carbocycles. The van der Waals surface area contributed by atoms with Crippen LogP contribution in [0.5, 0.6) is 5.75 Å². The van der Waals surface area contributed by atoms with Gasteiger partial charge in [-0.2, -0.15) is 11.8 Å². The fourth-order valence-electron chi connectivity index (χ4n) is 3.24. The van der Waals surface area contributed by atoms with Gasteiger partial charge in [0, 0.05) is 23.1 Å². The molecule has 0 radical (unpaired) electrons. The molecule has 0 bridgehead atoms. The second-order valence-electron chi connectivity index (χ2n) is 6.49. The van der Waals surface area contributed by atoms with E-state index >= 15 is 0 Å². The number of hydrogen-bond acceptors (Lipinski definition) is 4. The van der Waals surface area contributed by atoms with E-state index < -0.39 is 6.36 Å². The largest absolute Gasteiger partial charge is 0.573 e. The normalized spacial score (nSPS) is 24.1. The van der Waals surface area contributed by atoms with Crippen LogP contribution in [0.15, 0.2) is 24.3 Å². The molecule has 27 heavy (non-hydrogen) atoms. The molecule has 2 heterocycles. The number of carbonyl (C=O) groups excluding carboxylic acids is 2. The molecule has 0 aliphatic carbocycles. The van der Waals surface area contributed by atoms with Gasteiger partial charge in [-0.1, -0.05) is 6.42 Å². The summed E-state index contributed by atoms with van der Waals surface area (Å²) in [6.07, 6.45) is -1.92. The Labute approximate surface area is 158 Å². The highest BCUT2D eigenvalue weighted by Gasteiger charge is 2.42. The third-order valence-electron chi connectivity index (χ3n) is 4.45. The maximum absolute atomic E-state index is 12.1. The van der Waals surface area contributed by atoms with Crippen LogP contribution < -0.4 is 20.7 Å². The Bertz CT molecular complexity index is 684. The topological polar surface area (TPSA) is 79.5 Å². The Morgan fingerprint density at radius 3 is 2.67 bits per heavy atom. The molecule has 0 aromatic heterocycles. The zero-order chi connectivity index (χ0) is 19.4. The summed E-state index contributed by atoms with van der Waals surface area (Å²) in [7, 11) is 0. The van der Waals surface area contributed by atoms with E-state index in [1.165, 1.54) is 12.1 Å². The highest BCUT2D eigenvalue weighted by atomic mass is 32.2. The molecule has 2 aliphatic heterocycles. The third-order valence-corrected chi connectivity index (χ3v) is 5.96. The number of rotatable bonds is 7. The minimum absolute atomic E-state index is 0.110. The van der Waals surface area contributed by atoms with Crippen molar-refractivity contribution in [3.63, 3.8) is 0 Å². The summed E-state index contributed by atoms with van der Waals surface area (Å²) in [6, 6.07) is 5.28. The number of alkyl halides is 3. The van der Waals surface area contributed by atoms with Crippen molar-refractivity contribution in [3.05, 3.63) is 24.3 Å². The molecule has 10 heteroatoms. The van der Waals surface area contributed by atoms with Gasteiger partial charge >= 0.3 is 12.4 Å². The van der Waals surface area contributed by atoms with Crippen LogP contribution in [0, 0.1) is 0 Å². The molecule has 3 atom stereocenters. The second kappa shape index (κ2) is 8.28. The average molecular weight is 403 g/mol. The number of fused-ring (bicyclic) bond motifs is 1. The lowest BCUT2D eigenvalue weighted by atomic mass is 10.0. The number of anilines is 1. The summed E-state index contributed by atoms with van der Waals surface area (Å²) in [5, 5.41) is 8.84. The quantitative estimate of drug-likeness (QED) is 0.482. The number of hydrogen-bond donors (Lipinski definition) is 3. The van der Waals surface area contributed by atoms with Gasteiger partial charge in [0.1, 0.15) is 5.75 Å². The van der Waals surface area contributed by atoms with E-state index in [-0.39, 0.29) is 29.8 Å². The van der Waals surface area contributed by atoms with Crippen LogP contribution in [0.25, 0.3) is 0 Å². The van der Waals surface area contributed by atoms with Crippen molar-refractivity contribution in [1.82, 2.24) is 10.6 Å². The molecule has 3 rings (SSSR count). The molecule has 1 aromatic carbocycles. The van der Waals surface area contributed by atoms with Crippen LogP contribution >= 0.6 is 11.8 Å².